The van der Waals surface area contributed by atoms with Crippen molar-refractivity contribution in [1.82, 2.24) is 0 Å². The highest BCUT2D eigenvalue weighted by Gasteiger charge is 2.15. The number of hydrogen-bond acceptors (Lipinski definition) is 3. The summed E-state index contributed by atoms with van der Waals surface area (Å²) in [5.74, 6) is 0. The molecule has 0 radical (unpaired) electrons. The standard InChI is InChI=1S/C7H6INO2S/c1-4-2-5(12)3-6(8)7(4)9(10)11/h2-3,12H,1H3. The SMILES string of the molecule is Cc1cc(S)cc(I)c1[N+](=O)[O-]. The van der Waals surface area contributed by atoms with Gasteiger partial charge in [0.25, 0.3) is 5.69 Å². The van der Waals surface area contributed by atoms with Crippen LogP contribution in [0.25, 0.3) is 0 Å². The molecular formula is C7H6INO2S. The maximum absolute atomic E-state index is 10.5. The van der Waals surface area contributed by atoms with Gasteiger partial charge in [-0.2, -0.15) is 0 Å². The number of nitro benzene ring substituents is 1. The summed E-state index contributed by atoms with van der Waals surface area (Å²) in [6.45, 7) is 1.71. The van der Waals surface area contributed by atoms with E-state index in [2.05, 4.69) is 12.6 Å². The predicted molar refractivity (Wildman–Crippen MR) is 57.8 cm³/mol. The molecule has 0 aliphatic heterocycles. The van der Waals surface area contributed by atoms with Gasteiger partial charge in [0, 0.05) is 10.5 Å². The van der Waals surface area contributed by atoms with Crippen LogP contribution >= 0.6 is 35.2 Å². The molecule has 1 aromatic rings. The van der Waals surface area contributed by atoms with Gasteiger partial charge in [-0.15, -0.1) is 12.6 Å². The van der Waals surface area contributed by atoms with E-state index >= 15 is 0 Å². The van der Waals surface area contributed by atoms with Crippen LogP contribution in [0.15, 0.2) is 17.0 Å². The van der Waals surface area contributed by atoms with Gasteiger partial charge in [-0.3, -0.25) is 10.1 Å². The second-order valence-electron chi connectivity index (χ2n) is 2.35. The zero-order valence-electron chi connectivity index (χ0n) is 6.24. The maximum atomic E-state index is 10.5. The number of benzene rings is 1. The summed E-state index contributed by atoms with van der Waals surface area (Å²) in [6, 6.07) is 3.36. The molecule has 0 spiro atoms. The normalized spacial score (nSPS) is 9.92. The lowest BCUT2D eigenvalue weighted by Gasteiger charge is -2.00. The highest BCUT2D eigenvalue weighted by molar-refractivity contribution is 14.1. The number of nitro groups is 1. The van der Waals surface area contributed by atoms with Crippen LogP contribution < -0.4 is 0 Å². The topological polar surface area (TPSA) is 43.1 Å². The van der Waals surface area contributed by atoms with Gasteiger partial charge in [0.05, 0.1) is 8.49 Å². The van der Waals surface area contributed by atoms with Crippen molar-refractivity contribution in [2.24, 2.45) is 0 Å². The number of aryl methyl sites for hydroxylation is 1. The monoisotopic (exact) mass is 295 g/mol. The van der Waals surface area contributed by atoms with Gasteiger partial charge < -0.3 is 0 Å². The Bertz CT molecular complexity index is 317. The van der Waals surface area contributed by atoms with Crippen LogP contribution in [0.5, 0.6) is 0 Å². The van der Waals surface area contributed by atoms with Crippen molar-refractivity contribution in [2.45, 2.75) is 11.8 Å². The highest BCUT2D eigenvalue weighted by Crippen LogP contribution is 2.27. The van der Waals surface area contributed by atoms with E-state index in [-0.39, 0.29) is 10.6 Å². The fourth-order valence-electron chi connectivity index (χ4n) is 0.950. The Morgan fingerprint density at radius 1 is 1.58 bits per heavy atom. The van der Waals surface area contributed by atoms with E-state index in [9.17, 15) is 10.1 Å². The molecular weight excluding hydrogens is 289 g/mol. The summed E-state index contributed by atoms with van der Waals surface area (Å²) < 4.78 is 0.627. The van der Waals surface area contributed by atoms with Gasteiger partial charge >= 0.3 is 0 Å². The first kappa shape index (κ1) is 9.79. The molecule has 0 saturated carbocycles. The molecule has 0 bridgehead atoms. The third-order valence-corrected chi connectivity index (χ3v) is 2.50. The largest absolute Gasteiger partial charge is 0.285 e. The van der Waals surface area contributed by atoms with Crippen molar-refractivity contribution in [1.29, 1.82) is 0 Å². The number of nitrogens with zero attached hydrogens (tertiary/aromatic N) is 1. The minimum Gasteiger partial charge on any atom is -0.258 e. The first-order valence-corrected chi connectivity index (χ1v) is 4.68. The molecule has 0 aromatic heterocycles. The molecule has 0 unspecified atom stereocenters. The van der Waals surface area contributed by atoms with Crippen molar-refractivity contribution < 1.29 is 4.92 Å². The van der Waals surface area contributed by atoms with Crippen LogP contribution in [0.1, 0.15) is 5.56 Å². The molecule has 0 saturated heterocycles. The highest BCUT2D eigenvalue weighted by atomic mass is 127. The summed E-state index contributed by atoms with van der Waals surface area (Å²) in [6.07, 6.45) is 0. The van der Waals surface area contributed by atoms with Crippen LogP contribution in [-0.2, 0) is 0 Å². The third-order valence-electron chi connectivity index (χ3n) is 1.42. The van der Waals surface area contributed by atoms with Gasteiger partial charge in [-0.05, 0) is 41.6 Å². The molecule has 12 heavy (non-hydrogen) atoms. The average molecular weight is 295 g/mol. The maximum Gasteiger partial charge on any atom is 0.285 e. The van der Waals surface area contributed by atoms with E-state index in [0.717, 1.165) is 4.90 Å². The van der Waals surface area contributed by atoms with Gasteiger partial charge in [0.2, 0.25) is 0 Å². The molecule has 3 nitrogen and oxygen atoms in total. The Morgan fingerprint density at radius 3 is 2.58 bits per heavy atom. The van der Waals surface area contributed by atoms with Gasteiger partial charge in [-0.1, -0.05) is 0 Å². The van der Waals surface area contributed by atoms with E-state index in [1.165, 1.54) is 0 Å². The van der Waals surface area contributed by atoms with E-state index in [1.807, 2.05) is 22.6 Å². The van der Waals surface area contributed by atoms with Crippen LogP contribution in [0.2, 0.25) is 0 Å². The van der Waals surface area contributed by atoms with Gasteiger partial charge in [0.1, 0.15) is 0 Å². The molecule has 0 amide bonds. The molecule has 5 heteroatoms. The number of thiol groups is 1. The van der Waals surface area contributed by atoms with E-state index in [1.54, 1.807) is 19.1 Å². The first-order valence-electron chi connectivity index (χ1n) is 3.16. The molecule has 0 N–H and O–H groups in total. The van der Waals surface area contributed by atoms with Crippen molar-refractivity contribution in [3.05, 3.63) is 31.4 Å². The molecule has 0 aliphatic rings. The van der Waals surface area contributed by atoms with E-state index in [0.29, 0.717) is 9.13 Å². The fraction of sp³-hybridized carbons (Fsp3) is 0.143. The van der Waals surface area contributed by atoms with Crippen molar-refractivity contribution in [3.8, 4) is 0 Å². The number of hydrogen-bond donors (Lipinski definition) is 1. The molecule has 1 rings (SSSR count). The second-order valence-corrected chi connectivity index (χ2v) is 4.03. The minimum atomic E-state index is -0.371. The van der Waals surface area contributed by atoms with Crippen molar-refractivity contribution >= 4 is 40.9 Å². The Morgan fingerprint density at radius 2 is 2.17 bits per heavy atom. The Balaban J connectivity index is 3.38. The summed E-state index contributed by atoms with van der Waals surface area (Å²) >= 11 is 6.05. The number of rotatable bonds is 1. The Kier molecular flexibility index (Phi) is 2.94. The summed E-state index contributed by atoms with van der Waals surface area (Å²) in [5.41, 5.74) is 0.824. The average Bonchev–Trinajstić information content (AvgIpc) is 1.82. The first-order chi connectivity index (χ1) is 5.52. The van der Waals surface area contributed by atoms with Crippen LogP contribution in [0, 0.1) is 20.6 Å². The molecule has 1 aromatic carbocycles. The molecule has 0 heterocycles. The lowest BCUT2D eigenvalue weighted by atomic mass is 10.2. The van der Waals surface area contributed by atoms with Crippen molar-refractivity contribution in [2.75, 3.05) is 0 Å². The summed E-state index contributed by atoms with van der Waals surface area (Å²) in [5, 5.41) is 10.5. The molecule has 0 atom stereocenters. The van der Waals surface area contributed by atoms with Gasteiger partial charge in [0.15, 0.2) is 0 Å². The number of halogens is 1. The second kappa shape index (κ2) is 3.61. The zero-order chi connectivity index (χ0) is 9.30. The van der Waals surface area contributed by atoms with E-state index in [4.69, 9.17) is 0 Å². The quantitative estimate of drug-likeness (QED) is 0.375. The predicted octanol–water partition coefficient (Wildman–Crippen LogP) is 2.80. The third kappa shape index (κ3) is 1.89. The minimum absolute atomic E-state index is 0.174. The Hall–Kier alpha value is -0.300. The van der Waals surface area contributed by atoms with E-state index < -0.39 is 0 Å². The van der Waals surface area contributed by atoms with Crippen LogP contribution in [0.3, 0.4) is 0 Å². The van der Waals surface area contributed by atoms with Crippen LogP contribution in [-0.4, -0.2) is 4.92 Å². The summed E-state index contributed by atoms with van der Waals surface area (Å²) in [7, 11) is 0. The zero-order valence-corrected chi connectivity index (χ0v) is 9.30. The van der Waals surface area contributed by atoms with Gasteiger partial charge in [-0.25, -0.2) is 0 Å². The van der Waals surface area contributed by atoms with Crippen molar-refractivity contribution in [3.63, 3.8) is 0 Å². The molecule has 64 valence electrons. The summed E-state index contributed by atoms with van der Waals surface area (Å²) in [4.78, 5) is 10.9. The fourth-order valence-corrected chi connectivity index (χ4v) is 2.48. The lowest BCUT2D eigenvalue weighted by molar-refractivity contribution is -0.386. The molecule has 0 aliphatic carbocycles. The van der Waals surface area contributed by atoms with Crippen LogP contribution in [0.4, 0.5) is 5.69 Å². The molecule has 0 fully saturated rings. The Labute approximate surface area is 88.9 Å². The lowest BCUT2D eigenvalue weighted by Crippen LogP contribution is -1.94. The smallest absolute Gasteiger partial charge is 0.258 e.